The summed E-state index contributed by atoms with van der Waals surface area (Å²) in [6, 6.07) is 1.54. The summed E-state index contributed by atoms with van der Waals surface area (Å²) in [6.45, 7) is 4.05. The summed E-state index contributed by atoms with van der Waals surface area (Å²) in [5.41, 5.74) is 4.89. The highest BCUT2D eigenvalue weighted by Gasteiger charge is 2.28. The number of aromatic nitrogens is 2. The Bertz CT molecular complexity index is 620. The summed E-state index contributed by atoms with van der Waals surface area (Å²) in [5, 5.41) is 3.67. The van der Waals surface area contributed by atoms with E-state index in [1.54, 1.807) is 6.92 Å². The Kier molecular flexibility index (Phi) is 4.29. The Morgan fingerprint density at radius 1 is 1.29 bits per heavy atom. The van der Waals surface area contributed by atoms with Gasteiger partial charge in [0.05, 0.1) is 6.61 Å². The van der Waals surface area contributed by atoms with Gasteiger partial charge in [-0.05, 0) is 26.0 Å². The molecule has 8 heteroatoms. The Morgan fingerprint density at radius 2 is 1.90 bits per heavy atom. The number of hydrogen-bond acceptors (Lipinski definition) is 5. The van der Waals surface area contributed by atoms with E-state index in [9.17, 15) is 13.2 Å². The highest BCUT2D eigenvalue weighted by molar-refractivity contribution is 5.53. The predicted molar refractivity (Wildman–Crippen MR) is 67.6 cm³/mol. The van der Waals surface area contributed by atoms with E-state index in [2.05, 4.69) is 10.1 Å². The molecule has 114 valence electrons. The van der Waals surface area contributed by atoms with Crippen molar-refractivity contribution in [3.8, 4) is 11.5 Å². The van der Waals surface area contributed by atoms with Gasteiger partial charge in [0.25, 0.3) is 5.89 Å². The van der Waals surface area contributed by atoms with E-state index in [-0.39, 0.29) is 23.9 Å². The Hall–Kier alpha value is -1.93. The van der Waals surface area contributed by atoms with Gasteiger partial charge in [0.15, 0.2) is 23.3 Å². The topological polar surface area (TPSA) is 74.2 Å². The molecule has 1 aromatic carbocycles. The van der Waals surface area contributed by atoms with Crippen LogP contribution in [0.1, 0.15) is 19.7 Å². The number of rotatable bonds is 5. The molecule has 0 bridgehead atoms. The second-order valence-corrected chi connectivity index (χ2v) is 4.73. The molecule has 0 spiro atoms. The van der Waals surface area contributed by atoms with Crippen LogP contribution in [-0.4, -0.2) is 23.4 Å². The van der Waals surface area contributed by atoms with Crippen LogP contribution in [0.3, 0.4) is 0 Å². The van der Waals surface area contributed by atoms with Gasteiger partial charge in [-0.25, -0.2) is 13.2 Å². The minimum absolute atomic E-state index is 0.0719. The lowest BCUT2D eigenvalue weighted by molar-refractivity contribution is 0.0962. The molecule has 0 aliphatic heterocycles. The maximum atomic E-state index is 13.2. The number of hydrogen-bond donors (Lipinski definition) is 1. The zero-order valence-corrected chi connectivity index (χ0v) is 11.5. The summed E-state index contributed by atoms with van der Waals surface area (Å²) in [6.07, 6.45) is 0. The van der Waals surface area contributed by atoms with Crippen molar-refractivity contribution in [2.45, 2.75) is 19.4 Å². The number of nitrogens with zero attached hydrogens (tertiary/aromatic N) is 2. The third-order valence-electron chi connectivity index (χ3n) is 2.77. The number of benzene rings is 1. The van der Waals surface area contributed by atoms with Gasteiger partial charge in [-0.2, -0.15) is 4.98 Å². The predicted octanol–water partition coefficient (Wildman–Crippen LogP) is 2.36. The summed E-state index contributed by atoms with van der Waals surface area (Å²) in [4.78, 5) is 3.98. The largest absolute Gasteiger partial charge is 0.379 e. The number of halogens is 3. The Labute approximate surface area is 118 Å². The van der Waals surface area contributed by atoms with Crippen LogP contribution in [0.5, 0.6) is 0 Å². The number of nitrogens with two attached hydrogens (primary N) is 1. The first-order valence-electron chi connectivity index (χ1n) is 6.21. The number of ether oxygens (including phenoxy) is 1. The second kappa shape index (κ2) is 5.82. The van der Waals surface area contributed by atoms with Crippen molar-refractivity contribution in [2.75, 3.05) is 13.2 Å². The molecular weight excluding hydrogens is 287 g/mol. The van der Waals surface area contributed by atoms with Gasteiger partial charge in [-0.15, -0.1) is 0 Å². The fraction of sp³-hybridized carbons (Fsp3) is 0.385. The lowest BCUT2D eigenvalue weighted by Crippen LogP contribution is -2.39. The first-order valence-corrected chi connectivity index (χ1v) is 6.21. The molecule has 0 aliphatic carbocycles. The molecule has 1 unspecified atom stereocenters. The molecule has 2 rings (SSSR count). The minimum Gasteiger partial charge on any atom is -0.379 e. The van der Waals surface area contributed by atoms with Gasteiger partial charge in [0.2, 0.25) is 0 Å². The molecule has 1 aromatic heterocycles. The van der Waals surface area contributed by atoms with Gasteiger partial charge in [0, 0.05) is 12.2 Å². The molecule has 2 N–H and O–H groups in total. The molecule has 0 aliphatic rings. The SMILES string of the molecule is CCOCC(C)(N)c1noc(-c2cc(F)c(F)c(F)c2)n1. The van der Waals surface area contributed by atoms with E-state index < -0.39 is 23.0 Å². The van der Waals surface area contributed by atoms with Gasteiger partial charge < -0.3 is 15.0 Å². The van der Waals surface area contributed by atoms with Gasteiger partial charge in [0.1, 0.15) is 5.54 Å². The highest BCUT2D eigenvalue weighted by atomic mass is 19.2. The van der Waals surface area contributed by atoms with Crippen LogP contribution in [-0.2, 0) is 10.3 Å². The van der Waals surface area contributed by atoms with Crippen molar-refractivity contribution in [3.63, 3.8) is 0 Å². The molecule has 1 heterocycles. The van der Waals surface area contributed by atoms with Crippen LogP contribution in [0.4, 0.5) is 13.2 Å². The summed E-state index contributed by atoms with van der Waals surface area (Å²) < 4.78 is 49.4. The molecule has 2 aromatic rings. The van der Waals surface area contributed by atoms with Gasteiger partial charge in [-0.1, -0.05) is 5.16 Å². The maximum absolute atomic E-state index is 13.2. The van der Waals surface area contributed by atoms with E-state index in [0.29, 0.717) is 6.61 Å². The fourth-order valence-electron chi connectivity index (χ4n) is 1.63. The molecule has 5 nitrogen and oxygen atoms in total. The third kappa shape index (κ3) is 3.22. The van der Waals surface area contributed by atoms with Crippen LogP contribution < -0.4 is 5.73 Å². The molecule has 0 saturated heterocycles. The molecular formula is C13H14F3N3O2. The molecule has 0 amide bonds. The highest BCUT2D eigenvalue weighted by Crippen LogP contribution is 2.24. The molecule has 0 saturated carbocycles. The first-order chi connectivity index (χ1) is 9.85. The van der Waals surface area contributed by atoms with E-state index in [0.717, 1.165) is 12.1 Å². The molecule has 0 radical (unpaired) electrons. The van der Waals surface area contributed by atoms with E-state index >= 15 is 0 Å². The van der Waals surface area contributed by atoms with Crippen molar-refractivity contribution in [1.82, 2.24) is 10.1 Å². The lowest BCUT2D eigenvalue weighted by Gasteiger charge is -2.19. The van der Waals surface area contributed by atoms with Gasteiger partial charge >= 0.3 is 0 Å². The van der Waals surface area contributed by atoms with Crippen molar-refractivity contribution in [2.24, 2.45) is 5.73 Å². The van der Waals surface area contributed by atoms with Crippen LogP contribution in [0.15, 0.2) is 16.7 Å². The third-order valence-corrected chi connectivity index (χ3v) is 2.77. The average molecular weight is 301 g/mol. The summed E-state index contributed by atoms with van der Waals surface area (Å²) in [7, 11) is 0. The van der Waals surface area contributed by atoms with Crippen LogP contribution in [0.2, 0.25) is 0 Å². The Morgan fingerprint density at radius 3 is 2.48 bits per heavy atom. The second-order valence-electron chi connectivity index (χ2n) is 4.73. The van der Waals surface area contributed by atoms with Crippen LogP contribution >= 0.6 is 0 Å². The molecule has 1 atom stereocenters. The van der Waals surface area contributed by atoms with E-state index in [1.165, 1.54) is 0 Å². The molecule has 0 fully saturated rings. The van der Waals surface area contributed by atoms with E-state index in [4.69, 9.17) is 15.0 Å². The lowest BCUT2D eigenvalue weighted by atomic mass is 10.1. The van der Waals surface area contributed by atoms with Gasteiger partial charge in [-0.3, -0.25) is 0 Å². The Balaban J connectivity index is 2.32. The minimum atomic E-state index is -1.56. The van der Waals surface area contributed by atoms with Crippen molar-refractivity contribution in [3.05, 3.63) is 35.4 Å². The average Bonchev–Trinajstić information content (AvgIpc) is 2.92. The summed E-state index contributed by atoms with van der Waals surface area (Å²) >= 11 is 0. The monoisotopic (exact) mass is 301 g/mol. The van der Waals surface area contributed by atoms with Crippen molar-refractivity contribution in [1.29, 1.82) is 0 Å². The van der Waals surface area contributed by atoms with Crippen molar-refractivity contribution >= 4 is 0 Å². The smallest absolute Gasteiger partial charge is 0.258 e. The first kappa shape index (κ1) is 15.5. The van der Waals surface area contributed by atoms with Crippen LogP contribution in [0.25, 0.3) is 11.5 Å². The standard InChI is InChI=1S/C13H14F3N3O2/c1-3-20-6-13(2,17)12-18-11(21-19-12)7-4-8(14)10(16)9(15)5-7/h4-5H,3,6,17H2,1-2H3. The quantitative estimate of drug-likeness (QED) is 0.858. The van der Waals surface area contributed by atoms with Crippen LogP contribution in [0, 0.1) is 17.5 Å². The fourth-order valence-corrected chi connectivity index (χ4v) is 1.63. The zero-order valence-electron chi connectivity index (χ0n) is 11.5. The van der Waals surface area contributed by atoms with E-state index in [1.807, 2.05) is 6.92 Å². The normalized spacial score (nSPS) is 14.2. The van der Waals surface area contributed by atoms with Crippen molar-refractivity contribution < 1.29 is 22.4 Å². The summed E-state index contributed by atoms with van der Waals surface area (Å²) in [5.74, 6) is -4.27. The zero-order chi connectivity index (χ0) is 15.6. The maximum Gasteiger partial charge on any atom is 0.258 e. The molecule has 21 heavy (non-hydrogen) atoms.